The summed E-state index contributed by atoms with van der Waals surface area (Å²) in [4.78, 5) is 22.7. The maximum Gasteiger partial charge on any atom is 0.404 e. The van der Waals surface area contributed by atoms with E-state index in [1.807, 2.05) is 0 Å². The van der Waals surface area contributed by atoms with Gasteiger partial charge in [-0.3, -0.25) is 4.79 Å². The van der Waals surface area contributed by atoms with Crippen LogP contribution in [0.15, 0.2) is 45.4 Å². The number of carbonyl (C=O) groups excluding carboxylic acids is 1. The molecule has 0 fully saturated rings. The van der Waals surface area contributed by atoms with Crippen LogP contribution >= 0.6 is 38.9 Å². The van der Waals surface area contributed by atoms with Crippen LogP contribution in [0.5, 0.6) is 0 Å². The highest BCUT2D eigenvalue weighted by molar-refractivity contribution is 9.10. The van der Waals surface area contributed by atoms with Gasteiger partial charge in [0.2, 0.25) is 0 Å². The average molecular weight is 443 g/mol. The highest BCUT2D eigenvalue weighted by atomic mass is 79.9. The Morgan fingerprint density at radius 1 is 1.44 bits per heavy atom. The van der Waals surface area contributed by atoms with E-state index in [4.69, 9.17) is 16.0 Å². The molecule has 10 heteroatoms. The van der Waals surface area contributed by atoms with Crippen molar-refractivity contribution in [3.05, 3.63) is 71.9 Å². The Kier molecular flexibility index (Phi) is 5.16. The minimum Gasteiger partial charge on any atom is -0.460 e. The Hall–Kier alpha value is -2.23. The van der Waals surface area contributed by atoms with Gasteiger partial charge in [0.05, 0.1) is 20.5 Å². The highest BCUT2D eigenvalue weighted by Crippen LogP contribution is 2.24. The molecule has 0 radical (unpaired) electrons. The Bertz CT molecular complexity index is 975. The van der Waals surface area contributed by atoms with E-state index in [0.29, 0.717) is 25.2 Å². The summed E-state index contributed by atoms with van der Waals surface area (Å²) < 4.78 is 7.83. The first kappa shape index (κ1) is 17.6. The van der Waals surface area contributed by atoms with E-state index in [1.165, 1.54) is 28.3 Å². The zero-order valence-corrected chi connectivity index (χ0v) is 15.5. The summed E-state index contributed by atoms with van der Waals surface area (Å²) in [5, 5.41) is 14.6. The first-order valence-corrected chi connectivity index (χ1v) is 8.85. The molecule has 0 amide bonds. The third-order valence-corrected chi connectivity index (χ3v) is 4.89. The van der Waals surface area contributed by atoms with Crippen LogP contribution in [0.2, 0.25) is 4.34 Å². The van der Waals surface area contributed by atoms with E-state index in [2.05, 4.69) is 21.0 Å². The number of hydrogen-bond acceptors (Lipinski definition) is 6. The summed E-state index contributed by atoms with van der Waals surface area (Å²) in [6, 6.07) is 6.75. The van der Waals surface area contributed by atoms with Crippen LogP contribution in [0, 0.1) is 10.1 Å². The molecule has 0 aliphatic rings. The molecule has 3 heterocycles. The van der Waals surface area contributed by atoms with Gasteiger partial charge in [-0.2, -0.15) is 4.68 Å². The molecular formula is C15H9BrClN3O4S. The fraction of sp³-hybridized carbons (Fsp3) is 0.0667. The molecule has 0 aromatic carbocycles. The molecule has 128 valence electrons. The number of ketones is 1. The number of furan rings is 1. The van der Waals surface area contributed by atoms with Crippen LogP contribution < -0.4 is 0 Å². The topological polar surface area (TPSA) is 91.2 Å². The fourth-order valence-corrected chi connectivity index (χ4v) is 3.43. The number of allylic oxidation sites excluding steroid dienone is 1. The Balaban J connectivity index is 1.68. The first-order chi connectivity index (χ1) is 11.9. The van der Waals surface area contributed by atoms with Crippen LogP contribution in [0.4, 0.5) is 5.82 Å². The van der Waals surface area contributed by atoms with E-state index in [0.717, 1.165) is 0 Å². The summed E-state index contributed by atoms with van der Waals surface area (Å²) in [7, 11) is 0. The third-order valence-electron chi connectivity index (χ3n) is 3.09. The summed E-state index contributed by atoms with van der Waals surface area (Å²) >= 11 is 10.1. The number of carbonyl (C=O) groups is 1. The van der Waals surface area contributed by atoms with Crippen LogP contribution in [0.3, 0.4) is 0 Å². The molecule has 0 N–H and O–H groups in total. The van der Waals surface area contributed by atoms with Crippen molar-refractivity contribution in [2.24, 2.45) is 0 Å². The van der Waals surface area contributed by atoms with Gasteiger partial charge in [-0.05, 0) is 57.3 Å². The molecule has 0 aliphatic carbocycles. The Morgan fingerprint density at radius 3 is 2.88 bits per heavy atom. The van der Waals surface area contributed by atoms with Gasteiger partial charge in [-0.1, -0.05) is 11.6 Å². The van der Waals surface area contributed by atoms with Gasteiger partial charge >= 0.3 is 5.82 Å². The zero-order valence-electron chi connectivity index (χ0n) is 12.4. The van der Waals surface area contributed by atoms with E-state index >= 15 is 0 Å². The summed E-state index contributed by atoms with van der Waals surface area (Å²) in [5.74, 6) is 0.622. The molecule has 0 spiro atoms. The van der Waals surface area contributed by atoms with Crippen molar-refractivity contribution in [2.45, 2.75) is 6.54 Å². The van der Waals surface area contributed by atoms with Crippen molar-refractivity contribution in [1.82, 2.24) is 9.78 Å². The van der Waals surface area contributed by atoms with Gasteiger partial charge in [0.15, 0.2) is 5.78 Å². The minimum absolute atomic E-state index is 0.165. The van der Waals surface area contributed by atoms with E-state index < -0.39 is 4.92 Å². The molecule has 3 aromatic rings. The van der Waals surface area contributed by atoms with E-state index in [1.54, 1.807) is 30.3 Å². The largest absolute Gasteiger partial charge is 0.460 e. The molecule has 7 nitrogen and oxygen atoms in total. The fourth-order valence-electron chi connectivity index (χ4n) is 2.01. The number of aromatic nitrogens is 2. The van der Waals surface area contributed by atoms with Gasteiger partial charge in [0, 0.05) is 0 Å². The maximum absolute atomic E-state index is 12.0. The first-order valence-electron chi connectivity index (χ1n) is 6.86. The predicted molar refractivity (Wildman–Crippen MR) is 97.1 cm³/mol. The number of hydrogen-bond donors (Lipinski definition) is 0. The second-order valence-electron chi connectivity index (χ2n) is 4.86. The van der Waals surface area contributed by atoms with Crippen LogP contribution in [-0.4, -0.2) is 20.5 Å². The van der Waals surface area contributed by atoms with Crippen LogP contribution in [0.1, 0.15) is 21.2 Å². The number of rotatable bonds is 6. The van der Waals surface area contributed by atoms with Crippen molar-refractivity contribution in [3.8, 4) is 0 Å². The lowest BCUT2D eigenvalue weighted by Gasteiger charge is -1.92. The van der Waals surface area contributed by atoms with Gasteiger partial charge in [-0.25, -0.2) is 0 Å². The van der Waals surface area contributed by atoms with Gasteiger partial charge in [-0.15, -0.1) is 11.3 Å². The average Bonchev–Trinajstić information content (AvgIpc) is 3.26. The van der Waals surface area contributed by atoms with Gasteiger partial charge in [0.25, 0.3) is 0 Å². The van der Waals surface area contributed by atoms with Crippen molar-refractivity contribution >= 4 is 56.5 Å². The predicted octanol–water partition coefficient (Wildman–Crippen LogP) is 4.81. The molecule has 0 bridgehead atoms. The monoisotopic (exact) mass is 441 g/mol. The number of nitrogens with zero attached hydrogens (tertiary/aromatic N) is 3. The molecule has 25 heavy (non-hydrogen) atoms. The molecule has 0 saturated heterocycles. The van der Waals surface area contributed by atoms with Gasteiger partial charge < -0.3 is 14.5 Å². The molecule has 3 rings (SSSR count). The summed E-state index contributed by atoms with van der Waals surface area (Å²) in [6.07, 6.45) is 4.46. The lowest BCUT2D eigenvalue weighted by molar-refractivity contribution is -0.390. The zero-order chi connectivity index (χ0) is 18.0. The lowest BCUT2D eigenvalue weighted by atomic mass is 10.3. The number of nitro groups is 1. The SMILES string of the molecule is O=C(/C=C/c1ccc(Cn2cc(Br)c([N+](=O)[O-])n2)o1)c1ccc(Cl)s1. The maximum atomic E-state index is 12.0. The van der Waals surface area contributed by atoms with Crippen LogP contribution in [0.25, 0.3) is 6.08 Å². The van der Waals surface area contributed by atoms with Gasteiger partial charge in [0.1, 0.15) is 22.5 Å². The van der Waals surface area contributed by atoms with Crippen molar-refractivity contribution in [2.75, 3.05) is 0 Å². The molecular weight excluding hydrogens is 434 g/mol. The Labute approximate surface area is 158 Å². The smallest absolute Gasteiger partial charge is 0.404 e. The van der Waals surface area contributed by atoms with Crippen molar-refractivity contribution < 1.29 is 14.1 Å². The normalized spacial score (nSPS) is 11.3. The standard InChI is InChI=1S/C15H9BrClN3O4S/c16-11-8-19(18-15(11)20(22)23)7-10-2-1-9(24-10)3-4-12(21)13-5-6-14(17)25-13/h1-6,8H,7H2/b4-3+. The third kappa shape index (κ3) is 4.25. The highest BCUT2D eigenvalue weighted by Gasteiger charge is 2.19. The molecule has 0 unspecified atom stereocenters. The summed E-state index contributed by atoms with van der Waals surface area (Å²) in [6.45, 7) is 0.231. The van der Waals surface area contributed by atoms with E-state index in [-0.39, 0.29) is 18.1 Å². The molecule has 0 aliphatic heterocycles. The van der Waals surface area contributed by atoms with E-state index in [9.17, 15) is 14.9 Å². The summed E-state index contributed by atoms with van der Waals surface area (Å²) in [5.41, 5.74) is 0. The minimum atomic E-state index is -0.570. The van der Waals surface area contributed by atoms with Crippen molar-refractivity contribution in [3.63, 3.8) is 0 Å². The number of halogens is 2. The molecule has 3 aromatic heterocycles. The quantitative estimate of drug-likeness (QED) is 0.236. The van der Waals surface area contributed by atoms with Crippen LogP contribution in [-0.2, 0) is 6.54 Å². The van der Waals surface area contributed by atoms with Crippen molar-refractivity contribution in [1.29, 1.82) is 0 Å². The second-order valence-corrected chi connectivity index (χ2v) is 7.43. The second kappa shape index (κ2) is 7.34. The molecule has 0 saturated carbocycles. The molecule has 0 atom stereocenters. The lowest BCUT2D eigenvalue weighted by Crippen LogP contribution is -2.00. The Morgan fingerprint density at radius 2 is 2.24 bits per heavy atom. The number of thiophene rings is 1.